The topological polar surface area (TPSA) is 12.5 Å². The number of hydrogen-bond donors (Lipinski definition) is 0. The van der Waals surface area contributed by atoms with Gasteiger partial charge in [-0.1, -0.05) is 243 Å². The van der Waals surface area contributed by atoms with E-state index in [4.69, 9.17) is 4.74 Å². The van der Waals surface area contributed by atoms with E-state index in [0.717, 1.165) is 39.7 Å². The second-order valence-electron chi connectivity index (χ2n) is 19.0. The quantitative estimate of drug-likeness (QED) is 0.148. The van der Waals surface area contributed by atoms with E-state index in [1.165, 1.54) is 65.3 Å². The number of rotatable bonds is 7. The summed E-state index contributed by atoms with van der Waals surface area (Å²) < 4.78 is 6.89. The molecule has 3 aliphatic rings. The SMILES string of the molecule is c1ccc(N(c2ccc3c(c2)[Si](c2ccccc2)(c2ccccc2)c2ccccc2C32c3ccccc3Oc3ccccc32)c2cccc3c2-c2ccccc2C3(c2ccccc2)c2ccccc2)cc1. The lowest BCUT2D eigenvalue weighted by molar-refractivity contribution is 0.435. The smallest absolute Gasteiger partial charge is 0.180 e. The first-order valence-electron chi connectivity index (χ1n) is 24.7. The maximum Gasteiger partial charge on any atom is 0.180 e. The molecule has 0 saturated heterocycles. The Kier molecular flexibility index (Phi) is 9.39. The fourth-order valence-corrected chi connectivity index (χ4v) is 18.5. The molecule has 0 bridgehead atoms. The van der Waals surface area contributed by atoms with E-state index in [1.807, 2.05) is 0 Å². The van der Waals surface area contributed by atoms with Gasteiger partial charge in [0.25, 0.3) is 0 Å². The van der Waals surface area contributed by atoms with Crippen molar-refractivity contribution in [3.05, 3.63) is 330 Å². The number of benzene rings is 11. The first-order valence-corrected chi connectivity index (χ1v) is 26.7. The van der Waals surface area contributed by atoms with Crippen molar-refractivity contribution in [3.8, 4) is 22.6 Å². The zero-order chi connectivity index (χ0) is 47.0. The number of anilines is 3. The van der Waals surface area contributed by atoms with Gasteiger partial charge in [0.2, 0.25) is 0 Å². The van der Waals surface area contributed by atoms with Gasteiger partial charge in [0, 0.05) is 28.1 Å². The van der Waals surface area contributed by atoms with Crippen LogP contribution in [-0.2, 0) is 10.8 Å². The van der Waals surface area contributed by atoms with Crippen LogP contribution < -0.4 is 30.4 Å². The van der Waals surface area contributed by atoms with Crippen molar-refractivity contribution in [2.45, 2.75) is 10.8 Å². The average molecular weight is 922 g/mol. The van der Waals surface area contributed by atoms with Crippen LogP contribution in [0.2, 0.25) is 0 Å². The van der Waals surface area contributed by atoms with Gasteiger partial charge >= 0.3 is 0 Å². The monoisotopic (exact) mass is 921 g/mol. The molecular formula is C68H47NOSi. The van der Waals surface area contributed by atoms with E-state index in [-0.39, 0.29) is 0 Å². The third-order valence-corrected chi connectivity index (χ3v) is 20.6. The van der Waals surface area contributed by atoms with Gasteiger partial charge in [-0.3, -0.25) is 0 Å². The molecule has 2 aliphatic heterocycles. The second kappa shape index (κ2) is 16.2. The van der Waals surface area contributed by atoms with E-state index >= 15 is 0 Å². The lowest BCUT2D eigenvalue weighted by Gasteiger charge is -2.51. The molecule has 0 atom stereocenters. The standard InChI is InChI=1S/C68H47NOSi/c1-6-25-48(26-7-1)67(49-27-8-2-9-28-49)55-36-17-16-35-54(55)66-60(67)40-24-41-61(66)69(50-29-10-3-11-30-50)51-45-46-59-65(47-51)71(52-31-12-4-13-32-52,53-33-14-5-15-34-53)64-44-23-20-39-58(64)68(59)56-37-18-21-42-62(56)70-63-43-22-19-38-57(63)68/h1-47H. The summed E-state index contributed by atoms with van der Waals surface area (Å²) in [6.45, 7) is 0. The van der Waals surface area contributed by atoms with E-state index in [2.05, 4.69) is 290 Å². The van der Waals surface area contributed by atoms with E-state index in [9.17, 15) is 0 Å². The second-order valence-corrected chi connectivity index (χ2v) is 22.7. The van der Waals surface area contributed by atoms with Crippen LogP contribution in [0.5, 0.6) is 11.5 Å². The van der Waals surface area contributed by atoms with Crippen LogP contribution in [0.25, 0.3) is 11.1 Å². The molecule has 0 saturated carbocycles. The van der Waals surface area contributed by atoms with Crippen molar-refractivity contribution in [1.29, 1.82) is 0 Å². The van der Waals surface area contributed by atoms with Gasteiger partial charge in [-0.05, 0) is 102 Å². The Balaban J connectivity index is 1.13. The molecule has 334 valence electrons. The molecule has 1 aliphatic carbocycles. The van der Waals surface area contributed by atoms with Crippen molar-refractivity contribution in [2.24, 2.45) is 0 Å². The molecule has 14 rings (SSSR count). The van der Waals surface area contributed by atoms with Crippen molar-refractivity contribution in [3.63, 3.8) is 0 Å². The van der Waals surface area contributed by atoms with Gasteiger partial charge in [-0.25, -0.2) is 0 Å². The normalized spacial score (nSPS) is 14.6. The van der Waals surface area contributed by atoms with Crippen molar-refractivity contribution < 1.29 is 4.74 Å². The van der Waals surface area contributed by atoms with Crippen LogP contribution in [-0.4, -0.2) is 8.07 Å². The largest absolute Gasteiger partial charge is 0.457 e. The van der Waals surface area contributed by atoms with Gasteiger partial charge in [-0.2, -0.15) is 0 Å². The number of fused-ring (bicyclic) bond motifs is 11. The van der Waals surface area contributed by atoms with Crippen molar-refractivity contribution in [2.75, 3.05) is 4.90 Å². The minimum Gasteiger partial charge on any atom is -0.457 e. The minimum atomic E-state index is -3.16. The molecule has 71 heavy (non-hydrogen) atoms. The molecule has 0 fully saturated rings. The minimum absolute atomic E-state index is 0.550. The lowest BCUT2D eigenvalue weighted by Crippen LogP contribution is -2.79. The summed E-state index contributed by atoms with van der Waals surface area (Å²) in [7, 11) is -3.16. The summed E-state index contributed by atoms with van der Waals surface area (Å²) in [4.78, 5) is 2.54. The molecule has 2 heterocycles. The Morgan fingerprint density at radius 3 is 1.38 bits per heavy atom. The van der Waals surface area contributed by atoms with Crippen LogP contribution in [0.15, 0.2) is 285 Å². The maximum atomic E-state index is 6.89. The van der Waals surface area contributed by atoms with Gasteiger partial charge in [-0.15, -0.1) is 0 Å². The third kappa shape index (κ3) is 5.70. The molecule has 0 N–H and O–H groups in total. The Bertz CT molecular complexity index is 3670. The summed E-state index contributed by atoms with van der Waals surface area (Å²) in [5, 5.41) is 5.42. The molecule has 0 aromatic heterocycles. The Morgan fingerprint density at radius 1 is 0.310 bits per heavy atom. The molecule has 0 unspecified atom stereocenters. The molecule has 0 radical (unpaired) electrons. The Morgan fingerprint density at radius 2 is 0.775 bits per heavy atom. The first-order chi connectivity index (χ1) is 35.2. The number of para-hydroxylation sites is 3. The zero-order valence-corrected chi connectivity index (χ0v) is 40.0. The highest BCUT2D eigenvalue weighted by Gasteiger charge is 2.58. The molecule has 0 amide bonds. The fraction of sp³-hybridized carbons (Fsp3) is 0.0294. The van der Waals surface area contributed by atoms with Gasteiger partial charge in [0.1, 0.15) is 11.5 Å². The van der Waals surface area contributed by atoms with Crippen LogP contribution in [0.3, 0.4) is 0 Å². The lowest BCUT2D eigenvalue weighted by atomic mass is 9.63. The zero-order valence-electron chi connectivity index (χ0n) is 39.0. The average Bonchev–Trinajstić information content (AvgIpc) is 3.76. The molecule has 2 nitrogen and oxygen atoms in total. The maximum absolute atomic E-state index is 6.89. The van der Waals surface area contributed by atoms with Gasteiger partial charge < -0.3 is 9.64 Å². The predicted octanol–water partition coefficient (Wildman–Crippen LogP) is 13.7. The summed E-state index contributed by atoms with van der Waals surface area (Å²) in [6.07, 6.45) is 0. The highest BCUT2D eigenvalue weighted by atomic mass is 28.3. The molecule has 11 aromatic rings. The number of ether oxygens (including phenoxy) is 1. The highest BCUT2D eigenvalue weighted by molar-refractivity contribution is 7.20. The summed E-state index contributed by atoms with van der Waals surface area (Å²) in [6, 6.07) is 106. The van der Waals surface area contributed by atoms with Crippen LogP contribution in [0, 0.1) is 0 Å². The number of nitrogens with zero attached hydrogens (tertiary/aromatic N) is 1. The summed E-state index contributed by atoms with van der Waals surface area (Å²) in [5.74, 6) is 1.77. The fourth-order valence-electron chi connectivity index (χ4n) is 13.1. The van der Waals surface area contributed by atoms with Crippen molar-refractivity contribution in [1.82, 2.24) is 0 Å². The van der Waals surface area contributed by atoms with E-state index in [1.54, 1.807) is 0 Å². The molecule has 3 heteroatoms. The van der Waals surface area contributed by atoms with Crippen molar-refractivity contribution >= 4 is 45.9 Å². The molecule has 11 aromatic carbocycles. The van der Waals surface area contributed by atoms with Gasteiger partial charge in [0.05, 0.1) is 16.5 Å². The number of hydrogen-bond acceptors (Lipinski definition) is 2. The summed E-state index contributed by atoms with van der Waals surface area (Å²) in [5.41, 5.74) is 14.5. The highest BCUT2D eigenvalue weighted by Crippen LogP contribution is 2.60. The van der Waals surface area contributed by atoms with E-state index < -0.39 is 18.9 Å². The van der Waals surface area contributed by atoms with Crippen LogP contribution in [0.4, 0.5) is 17.1 Å². The van der Waals surface area contributed by atoms with Crippen LogP contribution >= 0.6 is 0 Å². The summed E-state index contributed by atoms with van der Waals surface area (Å²) >= 11 is 0. The predicted molar refractivity (Wildman–Crippen MR) is 294 cm³/mol. The third-order valence-electron chi connectivity index (χ3n) is 15.7. The molecule has 1 spiro atoms. The Hall–Kier alpha value is -8.76. The van der Waals surface area contributed by atoms with Gasteiger partial charge in [0.15, 0.2) is 8.07 Å². The molecular weight excluding hydrogens is 875 g/mol. The Labute approximate surface area is 416 Å². The van der Waals surface area contributed by atoms with Crippen LogP contribution in [0.1, 0.15) is 44.5 Å². The van der Waals surface area contributed by atoms with E-state index in [0.29, 0.717) is 0 Å². The first kappa shape index (κ1) is 41.2.